The number of hydrogen-bond acceptors (Lipinski definition) is 3. The van der Waals surface area contributed by atoms with Crippen molar-refractivity contribution >= 4 is 0 Å². The quantitative estimate of drug-likeness (QED) is 0.929. The topological polar surface area (TPSA) is 30.5 Å². The van der Waals surface area contributed by atoms with Gasteiger partial charge in [0.15, 0.2) is 11.5 Å². The minimum absolute atomic E-state index is 0.212. The molecule has 1 aliphatic heterocycles. The first-order chi connectivity index (χ1) is 9.83. The van der Waals surface area contributed by atoms with Crippen LogP contribution in [0.15, 0.2) is 42.5 Å². The van der Waals surface area contributed by atoms with Gasteiger partial charge in [0.1, 0.15) is 19.0 Å². The van der Waals surface area contributed by atoms with Crippen LogP contribution >= 0.6 is 0 Å². The monoisotopic (exact) mass is 273 g/mol. The summed E-state index contributed by atoms with van der Waals surface area (Å²) >= 11 is 0. The molecule has 0 fully saturated rings. The Kier molecular flexibility index (Phi) is 3.83. The van der Waals surface area contributed by atoms with Gasteiger partial charge in [0.05, 0.1) is 0 Å². The van der Waals surface area contributed by atoms with Crippen LogP contribution in [0, 0.1) is 5.82 Å². The molecule has 0 amide bonds. The Hall–Kier alpha value is -2.07. The summed E-state index contributed by atoms with van der Waals surface area (Å²) in [5.74, 6) is 1.42. The predicted molar refractivity (Wildman–Crippen MR) is 74.4 cm³/mol. The third-order valence-corrected chi connectivity index (χ3v) is 3.21. The van der Waals surface area contributed by atoms with Crippen LogP contribution in [0.4, 0.5) is 4.39 Å². The van der Waals surface area contributed by atoms with Gasteiger partial charge in [-0.3, -0.25) is 0 Å². The summed E-state index contributed by atoms with van der Waals surface area (Å²) < 4.78 is 24.0. The zero-order valence-corrected chi connectivity index (χ0v) is 11.1. The van der Waals surface area contributed by atoms with Crippen LogP contribution in [0.25, 0.3) is 0 Å². The van der Waals surface area contributed by atoms with Gasteiger partial charge >= 0.3 is 0 Å². The summed E-state index contributed by atoms with van der Waals surface area (Å²) in [6, 6.07) is 12.4. The zero-order valence-electron chi connectivity index (χ0n) is 11.1. The average molecular weight is 273 g/mol. The average Bonchev–Trinajstić information content (AvgIpc) is 2.49. The second-order valence-corrected chi connectivity index (χ2v) is 4.67. The Bertz CT molecular complexity index is 584. The highest BCUT2D eigenvalue weighted by atomic mass is 19.1. The molecular weight excluding hydrogens is 257 g/mol. The fourth-order valence-corrected chi connectivity index (χ4v) is 2.22. The lowest BCUT2D eigenvalue weighted by molar-refractivity contribution is 0.169. The summed E-state index contributed by atoms with van der Waals surface area (Å²) in [6.45, 7) is 2.55. The maximum Gasteiger partial charge on any atom is 0.165 e. The fourth-order valence-electron chi connectivity index (χ4n) is 2.22. The molecule has 1 heterocycles. The molecule has 0 bridgehead atoms. The first kappa shape index (κ1) is 12.9. The van der Waals surface area contributed by atoms with E-state index in [0.29, 0.717) is 26.3 Å². The highest BCUT2D eigenvalue weighted by molar-refractivity contribution is 5.47. The largest absolute Gasteiger partial charge is 0.486 e. The minimum atomic E-state index is -0.212. The third kappa shape index (κ3) is 2.91. The van der Waals surface area contributed by atoms with E-state index in [4.69, 9.17) is 9.47 Å². The molecule has 3 nitrogen and oxygen atoms in total. The summed E-state index contributed by atoms with van der Waals surface area (Å²) in [5, 5.41) is 3.33. The molecule has 20 heavy (non-hydrogen) atoms. The molecule has 1 aliphatic rings. The van der Waals surface area contributed by atoms with E-state index in [1.165, 1.54) is 12.1 Å². The lowest BCUT2D eigenvalue weighted by Gasteiger charge is -2.21. The Labute approximate surface area is 117 Å². The van der Waals surface area contributed by atoms with Gasteiger partial charge in [-0.25, -0.2) is 4.39 Å². The van der Waals surface area contributed by atoms with Crippen LogP contribution in [0.1, 0.15) is 11.1 Å². The molecule has 1 N–H and O–H groups in total. The fraction of sp³-hybridized carbons (Fsp3) is 0.250. The van der Waals surface area contributed by atoms with Crippen molar-refractivity contribution < 1.29 is 13.9 Å². The molecule has 2 aromatic carbocycles. The number of para-hydroxylation sites is 1. The van der Waals surface area contributed by atoms with Gasteiger partial charge in [0, 0.05) is 18.7 Å². The van der Waals surface area contributed by atoms with Gasteiger partial charge in [-0.1, -0.05) is 24.3 Å². The van der Waals surface area contributed by atoms with Gasteiger partial charge in [-0.2, -0.15) is 0 Å². The highest BCUT2D eigenvalue weighted by Crippen LogP contribution is 2.33. The molecule has 0 radical (unpaired) electrons. The number of fused-ring (bicyclic) bond motifs is 1. The van der Waals surface area contributed by atoms with Gasteiger partial charge in [0.2, 0.25) is 0 Å². The molecule has 4 heteroatoms. The normalized spacial score (nSPS) is 13.2. The SMILES string of the molecule is Fc1ccc(CNCc2cccc3c2OCCO3)cc1. The Morgan fingerprint density at radius 2 is 1.75 bits per heavy atom. The van der Waals surface area contributed by atoms with E-state index >= 15 is 0 Å². The number of rotatable bonds is 4. The van der Waals surface area contributed by atoms with Crippen LogP contribution in [-0.4, -0.2) is 13.2 Å². The molecule has 0 aromatic heterocycles. The van der Waals surface area contributed by atoms with Crippen LogP contribution in [0.3, 0.4) is 0 Å². The molecule has 0 atom stereocenters. The van der Waals surface area contributed by atoms with E-state index < -0.39 is 0 Å². The van der Waals surface area contributed by atoms with Crippen molar-refractivity contribution in [2.75, 3.05) is 13.2 Å². The van der Waals surface area contributed by atoms with Crippen molar-refractivity contribution in [3.63, 3.8) is 0 Å². The third-order valence-electron chi connectivity index (χ3n) is 3.21. The van der Waals surface area contributed by atoms with Crippen molar-refractivity contribution in [2.24, 2.45) is 0 Å². The molecule has 0 saturated carbocycles. The Balaban J connectivity index is 1.62. The first-order valence-corrected chi connectivity index (χ1v) is 6.65. The smallest absolute Gasteiger partial charge is 0.165 e. The second-order valence-electron chi connectivity index (χ2n) is 4.67. The predicted octanol–water partition coefficient (Wildman–Crippen LogP) is 2.89. The number of benzene rings is 2. The molecule has 104 valence electrons. The van der Waals surface area contributed by atoms with E-state index in [9.17, 15) is 4.39 Å². The summed E-state index contributed by atoms with van der Waals surface area (Å²) in [4.78, 5) is 0. The van der Waals surface area contributed by atoms with Crippen molar-refractivity contribution in [3.05, 3.63) is 59.4 Å². The first-order valence-electron chi connectivity index (χ1n) is 6.65. The van der Waals surface area contributed by atoms with E-state index in [1.807, 2.05) is 18.2 Å². The molecule has 0 unspecified atom stereocenters. The molecular formula is C16H16FNO2. The van der Waals surface area contributed by atoms with Crippen molar-refractivity contribution in [3.8, 4) is 11.5 Å². The van der Waals surface area contributed by atoms with Gasteiger partial charge < -0.3 is 14.8 Å². The maximum absolute atomic E-state index is 12.8. The van der Waals surface area contributed by atoms with Crippen LogP contribution in [0.2, 0.25) is 0 Å². The van der Waals surface area contributed by atoms with Crippen LogP contribution in [-0.2, 0) is 13.1 Å². The standard InChI is InChI=1S/C16H16FNO2/c17-14-6-4-12(5-7-14)10-18-11-13-2-1-3-15-16(13)20-9-8-19-15/h1-7,18H,8-11H2. The molecule has 0 spiro atoms. The van der Waals surface area contributed by atoms with E-state index in [0.717, 1.165) is 22.6 Å². The lowest BCUT2D eigenvalue weighted by atomic mass is 10.1. The zero-order chi connectivity index (χ0) is 13.8. The molecule has 2 aromatic rings. The lowest BCUT2D eigenvalue weighted by Crippen LogP contribution is -2.19. The Morgan fingerprint density at radius 1 is 0.950 bits per heavy atom. The Morgan fingerprint density at radius 3 is 2.60 bits per heavy atom. The minimum Gasteiger partial charge on any atom is -0.486 e. The van der Waals surface area contributed by atoms with Crippen LogP contribution < -0.4 is 14.8 Å². The summed E-state index contributed by atoms with van der Waals surface area (Å²) in [6.07, 6.45) is 0. The number of hydrogen-bond donors (Lipinski definition) is 1. The van der Waals surface area contributed by atoms with Gasteiger partial charge in [0.25, 0.3) is 0 Å². The molecule has 3 rings (SSSR count). The van der Waals surface area contributed by atoms with Gasteiger partial charge in [-0.15, -0.1) is 0 Å². The van der Waals surface area contributed by atoms with E-state index in [2.05, 4.69) is 5.32 Å². The number of halogens is 1. The molecule has 0 saturated heterocycles. The van der Waals surface area contributed by atoms with E-state index in [-0.39, 0.29) is 5.82 Å². The van der Waals surface area contributed by atoms with Crippen molar-refractivity contribution in [1.82, 2.24) is 5.32 Å². The van der Waals surface area contributed by atoms with E-state index in [1.54, 1.807) is 12.1 Å². The van der Waals surface area contributed by atoms with Crippen LogP contribution in [0.5, 0.6) is 11.5 Å². The second kappa shape index (κ2) is 5.92. The number of ether oxygens (including phenoxy) is 2. The summed E-state index contributed by atoms with van der Waals surface area (Å²) in [5.41, 5.74) is 2.12. The van der Waals surface area contributed by atoms with Gasteiger partial charge in [-0.05, 0) is 23.8 Å². The van der Waals surface area contributed by atoms with Crippen molar-refractivity contribution in [1.29, 1.82) is 0 Å². The number of nitrogens with one attached hydrogen (secondary N) is 1. The molecule has 0 aliphatic carbocycles. The van der Waals surface area contributed by atoms with Crippen molar-refractivity contribution in [2.45, 2.75) is 13.1 Å². The maximum atomic E-state index is 12.8. The highest BCUT2D eigenvalue weighted by Gasteiger charge is 2.14. The summed E-state index contributed by atoms with van der Waals surface area (Å²) in [7, 11) is 0.